The summed E-state index contributed by atoms with van der Waals surface area (Å²) >= 11 is 6.21. The van der Waals surface area contributed by atoms with Gasteiger partial charge in [-0.2, -0.15) is 4.39 Å². The van der Waals surface area contributed by atoms with E-state index in [2.05, 4.69) is 4.98 Å². The predicted octanol–water partition coefficient (Wildman–Crippen LogP) is 5.90. The van der Waals surface area contributed by atoms with Crippen LogP contribution in [-0.4, -0.2) is 24.3 Å². The second-order valence-corrected chi connectivity index (χ2v) is 10.3. The average Bonchev–Trinajstić information content (AvgIpc) is 3.31. The number of ketones is 1. The van der Waals surface area contributed by atoms with E-state index in [1.807, 2.05) is 4.72 Å². The molecule has 0 aliphatic rings. The zero-order chi connectivity index (χ0) is 26.4. The van der Waals surface area contributed by atoms with Crippen LogP contribution in [0.25, 0.3) is 10.4 Å². The van der Waals surface area contributed by atoms with Crippen molar-refractivity contribution in [3.63, 3.8) is 0 Å². The lowest BCUT2D eigenvalue weighted by atomic mass is 10.1. The van der Waals surface area contributed by atoms with Gasteiger partial charge >= 0.3 is 0 Å². The number of carbonyl (C=O) groups excluding carboxylic acids is 1. The number of carbonyl (C=O) groups is 1. The van der Waals surface area contributed by atoms with Gasteiger partial charge in [-0.1, -0.05) is 11.6 Å². The van der Waals surface area contributed by atoms with Gasteiger partial charge in [0.25, 0.3) is 10.0 Å². The summed E-state index contributed by atoms with van der Waals surface area (Å²) in [5.41, 5.74) is -1.91. The Kier molecular flexibility index (Phi) is 6.73. The summed E-state index contributed by atoms with van der Waals surface area (Å²) in [6, 6.07) is 6.16. The van der Waals surface area contributed by atoms with Gasteiger partial charge in [0.2, 0.25) is 11.6 Å². The van der Waals surface area contributed by atoms with Crippen molar-refractivity contribution < 1.29 is 40.3 Å². The first-order valence-electron chi connectivity index (χ1n) is 9.54. The monoisotopic (exact) mass is 560 g/mol. The molecule has 4 rings (SSSR count). The largest absolute Gasteiger partial charge is 0.503 e. The number of halogens is 6. The normalized spacial score (nSPS) is 11.5. The molecule has 186 valence electrons. The Morgan fingerprint density at radius 2 is 1.67 bits per heavy atom. The molecule has 0 atom stereocenters. The number of phenols is 1. The lowest BCUT2D eigenvalue weighted by Gasteiger charge is -2.11. The third-order valence-electron chi connectivity index (χ3n) is 4.78. The third-order valence-corrected chi connectivity index (χ3v) is 7.48. The molecule has 4 aromatic rings. The second-order valence-electron chi connectivity index (χ2n) is 7.11. The van der Waals surface area contributed by atoms with E-state index in [0.29, 0.717) is 17.4 Å². The van der Waals surface area contributed by atoms with E-state index < -0.39 is 61.9 Å². The van der Waals surface area contributed by atoms with E-state index in [-0.39, 0.29) is 31.4 Å². The molecule has 0 aliphatic carbocycles. The minimum Gasteiger partial charge on any atom is -0.503 e. The topological polar surface area (TPSA) is 96.4 Å². The van der Waals surface area contributed by atoms with Crippen LogP contribution in [0.3, 0.4) is 0 Å². The number of aromatic nitrogens is 1. The van der Waals surface area contributed by atoms with Crippen LogP contribution in [0.1, 0.15) is 15.2 Å². The third kappa shape index (κ3) is 4.76. The fourth-order valence-electron chi connectivity index (χ4n) is 3.03. The molecule has 0 fully saturated rings. The van der Waals surface area contributed by atoms with Gasteiger partial charge < -0.3 is 5.11 Å². The number of pyridine rings is 1. The van der Waals surface area contributed by atoms with Crippen molar-refractivity contribution in [2.75, 3.05) is 4.72 Å². The van der Waals surface area contributed by atoms with Gasteiger partial charge in [0.15, 0.2) is 17.4 Å². The number of rotatable bonds is 6. The smallest absolute Gasteiger partial charge is 0.263 e. The maximum Gasteiger partial charge on any atom is 0.263 e. The lowest BCUT2D eigenvalue weighted by Crippen LogP contribution is -2.14. The molecule has 0 bridgehead atoms. The van der Waals surface area contributed by atoms with Crippen LogP contribution >= 0.6 is 22.9 Å². The Balaban J connectivity index is 1.69. The van der Waals surface area contributed by atoms with E-state index >= 15 is 0 Å². The van der Waals surface area contributed by atoms with Crippen molar-refractivity contribution in [2.45, 2.75) is 4.90 Å². The highest BCUT2D eigenvalue weighted by Gasteiger charge is 2.25. The summed E-state index contributed by atoms with van der Waals surface area (Å²) in [6.07, 6.45) is 0.930. The van der Waals surface area contributed by atoms with Crippen LogP contribution in [0.4, 0.5) is 27.6 Å². The zero-order valence-electron chi connectivity index (χ0n) is 17.3. The van der Waals surface area contributed by atoms with Crippen molar-refractivity contribution in [1.29, 1.82) is 0 Å². The number of aromatic hydroxyl groups is 1. The standard InChI is InChI=1S/C22H10ClF5N2O4S2/c23-18-4-1-9(8-29-18)36(33,34)30-15-6-10(12(24)7-13(15)25)16-2-3-17(35-16)21(31)11-5-14(26)20(28)22(32)19(11)27/h1-8,30,32H. The van der Waals surface area contributed by atoms with Crippen molar-refractivity contribution in [2.24, 2.45) is 0 Å². The number of thiophene rings is 1. The molecule has 2 heterocycles. The first kappa shape index (κ1) is 25.5. The number of benzene rings is 2. The van der Waals surface area contributed by atoms with Gasteiger partial charge in [-0.05, 0) is 36.4 Å². The van der Waals surface area contributed by atoms with Crippen LogP contribution < -0.4 is 4.72 Å². The van der Waals surface area contributed by atoms with Gasteiger partial charge in [0, 0.05) is 22.7 Å². The van der Waals surface area contributed by atoms with Crippen molar-refractivity contribution in [3.05, 3.63) is 93.3 Å². The first-order valence-corrected chi connectivity index (χ1v) is 12.2. The molecule has 0 aliphatic heterocycles. The van der Waals surface area contributed by atoms with Crippen molar-refractivity contribution >= 4 is 44.4 Å². The van der Waals surface area contributed by atoms with Crippen LogP contribution in [0, 0.1) is 29.1 Å². The average molecular weight is 561 g/mol. The molecule has 0 amide bonds. The Bertz CT molecular complexity index is 1630. The summed E-state index contributed by atoms with van der Waals surface area (Å²) in [4.78, 5) is 15.6. The summed E-state index contributed by atoms with van der Waals surface area (Å²) in [7, 11) is -4.34. The number of phenolic OH excluding ortho intramolecular Hbond substituents is 1. The number of nitrogens with zero attached hydrogens (tertiary/aromatic N) is 1. The molecule has 2 N–H and O–H groups in total. The minimum atomic E-state index is -4.34. The van der Waals surface area contributed by atoms with Crippen LogP contribution in [0.2, 0.25) is 5.15 Å². The molecule has 0 spiro atoms. The second kappa shape index (κ2) is 9.48. The van der Waals surface area contributed by atoms with Crippen molar-refractivity contribution in [1.82, 2.24) is 4.98 Å². The van der Waals surface area contributed by atoms with Gasteiger partial charge in [-0.25, -0.2) is 31.0 Å². The molecule has 36 heavy (non-hydrogen) atoms. The molecular formula is C22H10ClF5N2O4S2. The van der Waals surface area contributed by atoms with Gasteiger partial charge in [0.05, 0.1) is 16.1 Å². The van der Waals surface area contributed by atoms with E-state index in [4.69, 9.17) is 11.6 Å². The summed E-state index contributed by atoms with van der Waals surface area (Å²) in [5, 5.41) is 9.36. The van der Waals surface area contributed by atoms with Gasteiger partial charge in [0.1, 0.15) is 21.7 Å². The van der Waals surface area contributed by atoms with Gasteiger partial charge in [-0.15, -0.1) is 11.3 Å². The van der Waals surface area contributed by atoms with E-state index in [0.717, 1.165) is 24.4 Å². The number of sulfonamides is 1. The van der Waals surface area contributed by atoms with Crippen molar-refractivity contribution in [3.8, 4) is 16.2 Å². The highest BCUT2D eigenvalue weighted by atomic mass is 35.5. The molecule has 2 aromatic carbocycles. The molecule has 6 nitrogen and oxygen atoms in total. The summed E-state index contributed by atoms with van der Waals surface area (Å²) in [6.45, 7) is 0. The van der Waals surface area contributed by atoms with Crippen LogP contribution in [-0.2, 0) is 10.0 Å². The predicted molar refractivity (Wildman–Crippen MR) is 121 cm³/mol. The molecule has 0 saturated carbocycles. The molecule has 0 unspecified atom stereocenters. The van der Waals surface area contributed by atoms with E-state index in [1.54, 1.807) is 0 Å². The molecule has 0 saturated heterocycles. The molecular weight excluding hydrogens is 551 g/mol. The Morgan fingerprint density at radius 1 is 0.944 bits per heavy atom. The maximum atomic E-state index is 14.6. The number of anilines is 1. The fraction of sp³-hybridized carbons (Fsp3) is 0. The Morgan fingerprint density at radius 3 is 2.33 bits per heavy atom. The highest BCUT2D eigenvalue weighted by molar-refractivity contribution is 7.92. The lowest BCUT2D eigenvalue weighted by molar-refractivity contribution is 0.103. The quantitative estimate of drug-likeness (QED) is 0.133. The van der Waals surface area contributed by atoms with Crippen LogP contribution in [0.5, 0.6) is 5.75 Å². The maximum absolute atomic E-state index is 14.6. The minimum absolute atomic E-state index is 0.00308. The number of hydrogen-bond acceptors (Lipinski definition) is 6. The zero-order valence-corrected chi connectivity index (χ0v) is 19.7. The summed E-state index contributed by atoms with van der Waals surface area (Å²) in [5.74, 6) is -10.4. The molecule has 0 radical (unpaired) electrons. The van der Waals surface area contributed by atoms with E-state index in [1.165, 1.54) is 12.1 Å². The summed E-state index contributed by atoms with van der Waals surface area (Å²) < 4.78 is 97.0. The highest BCUT2D eigenvalue weighted by Crippen LogP contribution is 2.36. The van der Waals surface area contributed by atoms with Gasteiger partial charge in [-0.3, -0.25) is 9.52 Å². The fourth-order valence-corrected chi connectivity index (χ4v) is 5.13. The Labute approximate surface area is 208 Å². The Hall–Kier alpha value is -3.55. The van der Waals surface area contributed by atoms with Crippen LogP contribution in [0.15, 0.2) is 53.6 Å². The van der Waals surface area contributed by atoms with E-state index in [9.17, 15) is 40.3 Å². The SMILES string of the molecule is O=C(c1ccc(-c2cc(NS(=O)(=O)c3ccc(Cl)nc3)c(F)cc2F)s1)c1cc(F)c(F)c(O)c1F. The molecule has 14 heteroatoms. The number of nitrogens with one attached hydrogen (secondary N) is 1. The first-order chi connectivity index (χ1) is 16.9. The molecule has 2 aromatic heterocycles. The number of hydrogen-bond donors (Lipinski definition) is 2.